The Labute approximate surface area is 107 Å². The van der Waals surface area contributed by atoms with Crippen LogP contribution in [-0.2, 0) is 9.59 Å². The molecule has 0 aromatic heterocycles. The minimum Gasteiger partial charge on any atom is -0.374 e. The number of nitrogens with one attached hydrogen (secondary N) is 2. The molecule has 2 N–H and O–H groups in total. The van der Waals surface area contributed by atoms with Gasteiger partial charge in [0.15, 0.2) is 0 Å². The van der Waals surface area contributed by atoms with Gasteiger partial charge in [-0.25, -0.2) is 0 Å². The van der Waals surface area contributed by atoms with Crippen molar-refractivity contribution in [2.24, 2.45) is 0 Å². The summed E-state index contributed by atoms with van der Waals surface area (Å²) in [5.41, 5.74) is 1.75. The van der Waals surface area contributed by atoms with Gasteiger partial charge >= 0.3 is 0 Å². The number of rotatable bonds is 5. The minimum absolute atomic E-state index is 0.218. The molecule has 4 heteroatoms. The summed E-state index contributed by atoms with van der Waals surface area (Å²) in [4.78, 5) is 22.6. The molecule has 4 nitrogen and oxygen atoms in total. The summed E-state index contributed by atoms with van der Waals surface area (Å²) < 4.78 is 0. The number of hydrogen-bond acceptors (Lipinski definition) is 3. The molecule has 1 rings (SSSR count). The van der Waals surface area contributed by atoms with Crippen molar-refractivity contribution < 1.29 is 9.59 Å². The molecule has 1 fully saturated rings. The molecule has 0 aliphatic carbocycles. The first-order valence-electron chi connectivity index (χ1n) is 5.80. The van der Waals surface area contributed by atoms with Gasteiger partial charge in [-0.3, -0.25) is 14.9 Å². The van der Waals surface area contributed by atoms with Gasteiger partial charge < -0.3 is 5.32 Å². The third kappa shape index (κ3) is 4.05. The normalized spacial score (nSPS) is 21.3. The zero-order chi connectivity index (χ0) is 13.5. The van der Waals surface area contributed by atoms with Crippen molar-refractivity contribution >= 4 is 11.8 Å². The summed E-state index contributed by atoms with van der Waals surface area (Å²) in [6.45, 7) is 9.27. The largest absolute Gasteiger partial charge is 0.374 e. The van der Waals surface area contributed by atoms with Gasteiger partial charge in [0.25, 0.3) is 0 Å². The first-order valence-corrected chi connectivity index (χ1v) is 5.80. The van der Waals surface area contributed by atoms with E-state index >= 15 is 0 Å². The smallest absolute Gasteiger partial charge is 0.249 e. The highest BCUT2D eigenvalue weighted by Gasteiger charge is 2.26. The maximum Gasteiger partial charge on any atom is 0.249 e. The van der Waals surface area contributed by atoms with Crippen LogP contribution in [0.3, 0.4) is 0 Å². The summed E-state index contributed by atoms with van der Waals surface area (Å²) in [6.07, 6.45) is 7.94. The van der Waals surface area contributed by atoms with E-state index in [2.05, 4.69) is 23.8 Å². The minimum atomic E-state index is -0.385. The first-order chi connectivity index (χ1) is 8.56. The topological polar surface area (TPSA) is 58.2 Å². The summed E-state index contributed by atoms with van der Waals surface area (Å²) >= 11 is 0. The van der Waals surface area contributed by atoms with Crippen LogP contribution in [0.5, 0.6) is 0 Å². The lowest BCUT2D eigenvalue weighted by atomic mass is 10.1. The molecule has 96 valence electrons. The van der Waals surface area contributed by atoms with Crippen LogP contribution >= 0.6 is 0 Å². The first kappa shape index (κ1) is 14.0. The highest BCUT2D eigenvalue weighted by atomic mass is 16.2. The number of hydrogen-bond donors (Lipinski definition) is 2. The summed E-state index contributed by atoms with van der Waals surface area (Å²) in [7, 11) is 0. The molecule has 1 unspecified atom stereocenters. The van der Waals surface area contributed by atoms with Crippen LogP contribution in [0.1, 0.15) is 19.8 Å². The molecule has 2 amide bonds. The molecule has 0 aromatic carbocycles. The highest BCUT2D eigenvalue weighted by Crippen LogP contribution is 2.07. The molecule has 1 saturated heterocycles. The summed E-state index contributed by atoms with van der Waals surface area (Å²) in [6, 6.07) is -0.385. The third-order valence-corrected chi connectivity index (χ3v) is 2.65. The molecule has 0 bridgehead atoms. The number of carbonyl (C=O) groups excluding carboxylic acids is 2. The van der Waals surface area contributed by atoms with E-state index in [1.807, 2.05) is 19.1 Å². The lowest BCUT2D eigenvalue weighted by Gasteiger charge is -2.23. The molecule has 0 radical (unpaired) electrons. The average Bonchev–Trinajstić information content (AvgIpc) is 2.36. The molecule has 0 saturated carbocycles. The van der Waals surface area contributed by atoms with Crippen molar-refractivity contribution in [1.82, 2.24) is 10.6 Å². The quantitative estimate of drug-likeness (QED) is 0.572. The maximum absolute atomic E-state index is 11.6. The molecule has 0 spiro atoms. The molecule has 1 aliphatic heterocycles. The SMILES string of the molecule is C=C/C(C)=C\C=C(/C=C)NC1CCC(=O)NC1=O. The van der Waals surface area contributed by atoms with Crippen molar-refractivity contribution in [2.75, 3.05) is 0 Å². The lowest BCUT2D eigenvalue weighted by Crippen LogP contribution is -2.50. The van der Waals surface area contributed by atoms with E-state index < -0.39 is 0 Å². The van der Waals surface area contributed by atoms with Gasteiger partial charge in [-0.1, -0.05) is 30.9 Å². The molecule has 18 heavy (non-hydrogen) atoms. The fraction of sp³-hybridized carbons (Fsp3) is 0.286. The monoisotopic (exact) mass is 246 g/mol. The fourth-order valence-corrected chi connectivity index (χ4v) is 1.50. The van der Waals surface area contributed by atoms with Gasteiger partial charge in [-0.05, 0) is 25.5 Å². The standard InChI is InChI=1S/C14H18N2O2/c1-4-10(3)6-7-11(5-2)15-12-8-9-13(17)16-14(12)18/h4-7,12,15H,1-2,8-9H2,3H3,(H,16,17,18)/b10-6-,11-7+. The van der Waals surface area contributed by atoms with Crippen LogP contribution < -0.4 is 10.6 Å². The van der Waals surface area contributed by atoms with E-state index in [0.717, 1.165) is 11.3 Å². The van der Waals surface area contributed by atoms with E-state index in [4.69, 9.17) is 0 Å². The number of carbonyl (C=O) groups is 2. The Morgan fingerprint density at radius 1 is 1.33 bits per heavy atom. The van der Waals surface area contributed by atoms with Gasteiger partial charge in [-0.15, -0.1) is 0 Å². The zero-order valence-corrected chi connectivity index (χ0v) is 10.5. The second-order valence-electron chi connectivity index (χ2n) is 4.09. The van der Waals surface area contributed by atoms with Crippen molar-refractivity contribution in [3.63, 3.8) is 0 Å². The van der Waals surface area contributed by atoms with E-state index in [-0.39, 0.29) is 17.9 Å². The molecule has 0 aromatic rings. The van der Waals surface area contributed by atoms with Crippen LogP contribution in [0.2, 0.25) is 0 Å². The molecular weight excluding hydrogens is 228 g/mol. The van der Waals surface area contributed by atoms with Crippen molar-refractivity contribution in [3.05, 3.63) is 48.7 Å². The molecule has 1 atom stereocenters. The number of allylic oxidation sites excluding steroid dienone is 5. The maximum atomic E-state index is 11.6. The molecule has 1 aliphatic rings. The van der Waals surface area contributed by atoms with Gasteiger partial charge in [0, 0.05) is 12.1 Å². The van der Waals surface area contributed by atoms with E-state index in [9.17, 15) is 9.59 Å². The summed E-state index contributed by atoms with van der Waals surface area (Å²) in [5, 5.41) is 5.36. The Kier molecular flexibility index (Phi) is 5.11. The van der Waals surface area contributed by atoms with E-state index in [0.29, 0.717) is 12.8 Å². The zero-order valence-electron chi connectivity index (χ0n) is 10.5. The Bertz CT molecular complexity index is 433. The van der Waals surface area contributed by atoms with Crippen molar-refractivity contribution in [2.45, 2.75) is 25.8 Å². The van der Waals surface area contributed by atoms with E-state index in [1.54, 1.807) is 12.2 Å². The third-order valence-electron chi connectivity index (χ3n) is 2.65. The Hall–Kier alpha value is -2.10. The van der Waals surface area contributed by atoms with Gasteiger partial charge in [-0.2, -0.15) is 0 Å². The highest BCUT2D eigenvalue weighted by molar-refractivity contribution is 6.00. The fourth-order valence-electron chi connectivity index (χ4n) is 1.50. The summed E-state index contributed by atoms with van der Waals surface area (Å²) in [5.74, 6) is -0.506. The Morgan fingerprint density at radius 2 is 2.06 bits per heavy atom. The van der Waals surface area contributed by atoms with E-state index in [1.165, 1.54) is 0 Å². The van der Waals surface area contributed by atoms with Crippen molar-refractivity contribution in [1.29, 1.82) is 0 Å². The van der Waals surface area contributed by atoms with Crippen LogP contribution in [0, 0.1) is 0 Å². The van der Waals surface area contributed by atoms with Crippen LogP contribution in [0.25, 0.3) is 0 Å². The van der Waals surface area contributed by atoms with Gasteiger partial charge in [0.2, 0.25) is 11.8 Å². The molecular formula is C14H18N2O2. The Balaban J connectivity index is 2.69. The predicted molar refractivity (Wildman–Crippen MR) is 71.5 cm³/mol. The van der Waals surface area contributed by atoms with Crippen LogP contribution in [0.4, 0.5) is 0 Å². The number of amides is 2. The number of imide groups is 1. The van der Waals surface area contributed by atoms with Crippen molar-refractivity contribution in [3.8, 4) is 0 Å². The number of piperidine rings is 1. The van der Waals surface area contributed by atoms with Gasteiger partial charge in [0.05, 0.1) is 0 Å². The average molecular weight is 246 g/mol. The Morgan fingerprint density at radius 3 is 2.61 bits per heavy atom. The lowest BCUT2D eigenvalue weighted by molar-refractivity contribution is -0.134. The predicted octanol–water partition coefficient (Wildman–Crippen LogP) is 1.58. The second kappa shape index (κ2) is 6.59. The second-order valence-corrected chi connectivity index (χ2v) is 4.09. The molecule has 1 heterocycles. The van der Waals surface area contributed by atoms with Crippen LogP contribution in [-0.4, -0.2) is 17.9 Å². The van der Waals surface area contributed by atoms with Gasteiger partial charge in [0.1, 0.15) is 6.04 Å². The van der Waals surface area contributed by atoms with Crippen LogP contribution in [0.15, 0.2) is 48.7 Å².